The molecule has 7 nitrogen and oxygen atoms in total. The third-order valence-corrected chi connectivity index (χ3v) is 3.67. The van der Waals surface area contributed by atoms with E-state index in [9.17, 15) is 23.6 Å². The fourth-order valence-electron chi connectivity index (χ4n) is 2.30. The summed E-state index contributed by atoms with van der Waals surface area (Å²) >= 11 is 5.73. The number of benzene rings is 2. The molecule has 0 radical (unpaired) electrons. The van der Waals surface area contributed by atoms with Crippen molar-refractivity contribution in [1.29, 1.82) is 0 Å². The van der Waals surface area contributed by atoms with Crippen LogP contribution >= 0.6 is 11.6 Å². The average molecular weight is 407 g/mol. The first-order valence-electron chi connectivity index (χ1n) is 8.02. The molecule has 0 saturated carbocycles. The minimum atomic E-state index is -1.05. The second-order valence-electron chi connectivity index (χ2n) is 5.75. The lowest BCUT2D eigenvalue weighted by atomic mass is 10.1. The quantitative estimate of drug-likeness (QED) is 0.565. The molecular formula is C19H16ClFN2O5. The van der Waals surface area contributed by atoms with Gasteiger partial charge in [0.2, 0.25) is 17.6 Å². The van der Waals surface area contributed by atoms with Gasteiger partial charge in [0.15, 0.2) is 6.61 Å². The van der Waals surface area contributed by atoms with Crippen LogP contribution in [0.25, 0.3) is 0 Å². The molecule has 0 aromatic heterocycles. The van der Waals surface area contributed by atoms with Gasteiger partial charge in [-0.05, 0) is 36.4 Å². The zero-order chi connectivity index (χ0) is 20.8. The summed E-state index contributed by atoms with van der Waals surface area (Å²) in [5.41, 5.74) is 0.159. The van der Waals surface area contributed by atoms with Crippen LogP contribution in [0.2, 0.25) is 5.02 Å². The Bertz CT molecular complexity index is 961. The van der Waals surface area contributed by atoms with Gasteiger partial charge in [-0.25, -0.2) is 9.18 Å². The van der Waals surface area contributed by atoms with E-state index in [2.05, 4.69) is 10.6 Å². The number of anilines is 2. The summed E-state index contributed by atoms with van der Waals surface area (Å²) in [5, 5.41) is 5.14. The van der Waals surface area contributed by atoms with Crippen molar-refractivity contribution in [3.05, 3.63) is 58.4 Å². The zero-order valence-electron chi connectivity index (χ0n) is 15.0. The number of Topliss-reactive ketones (excluding diaryl/α,β-unsaturated/α-hetero) is 1. The van der Waals surface area contributed by atoms with Crippen molar-refractivity contribution >= 4 is 46.5 Å². The van der Waals surface area contributed by atoms with E-state index in [-0.39, 0.29) is 22.2 Å². The minimum Gasteiger partial charge on any atom is -0.454 e. The number of halogens is 2. The van der Waals surface area contributed by atoms with Crippen LogP contribution in [0.4, 0.5) is 15.8 Å². The molecule has 0 unspecified atom stereocenters. The molecule has 2 aromatic rings. The van der Waals surface area contributed by atoms with Crippen molar-refractivity contribution in [2.45, 2.75) is 13.8 Å². The lowest BCUT2D eigenvalue weighted by molar-refractivity contribution is -0.115. The molecule has 0 spiro atoms. The third kappa shape index (κ3) is 5.62. The number of carbonyl (C=O) groups excluding carboxylic acids is 4. The van der Waals surface area contributed by atoms with Gasteiger partial charge in [0.1, 0.15) is 5.82 Å². The molecule has 2 amide bonds. The molecule has 0 heterocycles. The molecule has 2 aromatic carbocycles. The summed E-state index contributed by atoms with van der Waals surface area (Å²) < 4.78 is 18.6. The van der Waals surface area contributed by atoms with E-state index in [0.29, 0.717) is 5.69 Å². The predicted octanol–water partition coefficient (Wildman–Crippen LogP) is 3.44. The highest BCUT2D eigenvalue weighted by molar-refractivity contribution is 6.30. The number of nitrogens with one attached hydrogen (secondary N) is 2. The first-order chi connectivity index (χ1) is 13.2. The van der Waals surface area contributed by atoms with Crippen molar-refractivity contribution in [3.63, 3.8) is 0 Å². The first kappa shape index (κ1) is 21.0. The van der Waals surface area contributed by atoms with E-state index >= 15 is 0 Å². The van der Waals surface area contributed by atoms with Crippen LogP contribution in [0.15, 0.2) is 36.4 Å². The maximum atomic E-state index is 13.7. The fraction of sp³-hybridized carbons (Fsp3) is 0.158. The summed E-state index contributed by atoms with van der Waals surface area (Å²) in [6, 6.07) is 7.60. The summed E-state index contributed by atoms with van der Waals surface area (Å²) in [6.45, 7) is 1.88. The smallest absolute Gasteiger partial charge is 0.341 e. The van der Waals surface area contributed by atoms with Crippen LogP contribution in [0.5, 0.6) is 0 Å². The van der Waals surface area contributed by atoms with Crippen LogP contribution < -0.4 is 10.6 Å². The Morgan fingerprint density at radius 1 is 0.964 bits per heavy atom. The lowest BCUT2D eigenvalue weighted by Gasteiger charge is -2.12. The fourth-order valence-corrected chi connectivity index (χ4v) is 2.47. The van der Waals surface area contributed by atoms with Gasteiger partial charge in [-0.1, -0.05) is 11.6 Å². The molecule has 0 saturated heterocycles. The SMILES string of the molecule is CC(=O)Nc1ccc(C(=O)COC(=O)c2cc(Cl)ccc2F)c(NC(C)=O)c1. The second-order valence-corrected chi connectivity index (χ2v) is 6.18. The van der Waals surface area contributed by atoms with Crippen LogP contribution in [0.3, 0.4) is 0 Å². The molecule has 0 bridgehead atoms. The largest absolute Gasteiger partial charge is 0.454 e. The average Bonchev–Trinajstić information content (AvgIpc) is 2.60. The van der Waals surface area contributed by atoms with E-state index in [1.165, 1.54) is 38.1 Å². The van der Waals surface area contributed by atoms with Crippen molar-refractivity contribution in [1.82, 2.24) is 0 Å². The molecule has 2 N–H and O–H groups in total. The molecule has 0 aliphatic carbocycles. The number of rotatable bonds is 6. The Kier molecular flexibility index (Phi) is 6.84. The number of hydrogen-bond donors (Lipinski definition) is 2. The Hall–Kier alpha value is -3.26. The van der Waals surface area contributed by atoms with Gasteiger partial charge in [0, 0.05) is 30.1 Å². The highest BCUT2D eigenvalue weighted by atomic mass is 35.5. The van der Waals surface area contributed by atoms with Gasteiger partial charge < -0.3 is 15.4 Å². The zero-order valence-corrected chi connectivity index (χ0v) is 15.7. The van der Waals surface area contributed by atoms with Gasteiger partial charge >= 0.3 is 5.97 Å². The van der Waals surface area contributed by atoms with Crippen LogP contribution in [-0.2, 0) is 14.3 Å². The van der Waals surface area contributed by atoms with Gasteiger partial charge in [-0.2, -0.15) is 0 Å². The van der Waals surface area contributed by atoms with E-state index in [1.54, 1.807) is 0 Å². The van der Waals surface area contributed by atoms with E-state index < -0.39 is 35.6 Å². The number of ether oxygens (including phenoxy) is 1. The Labute approximate surface area is 164 Å². The summed E-state index contributed by atoms with van der Waals surface area (Å²) in [6.07, 6.45) is 0. The van der Waals surface area contributed by atoms with E-state index in [4.69, 9.17) is 16.3 Å². The number of amides is 2. The van der Waals surface area contributed by atoms with Crippen LogP contribution in [0, 0.1) is 5.82 Å². The van der Waals surface area contributed by atoms with Gasteiger partial charge in [-0.15, -0.1) is 0 Å². The van der Waals surface area contributed by atoms with Crippen LogP contribution in [0.1, 0.15) is 34.6 Å². The van der Waals surface area contributed by atoms with Crippen molar-refractivity contribution < 1.29 is 28.3 Å². The van der Waals surface area contributed by atoms with E-state index in [0.717, 1.165) is 12.1 Å². The maximum Gasteiger partial charge on any atom is 0.341 e. The normalized spacial score (nSPS) is 10.1. The minimum absolute atomic E-state index is 0.0590. The Morgan fingerprint density at radius 3 is 2.29 bits per heavy atom. The molecule has 28 heavy (non-hydrogen) atoms. The topological polar surface area (TPSA) is 102 Å². The van der Waals surface area contributed by atoms with Gasteiger partial charge in [0.05, 0.1) is 11.3 Å². The highest BCUT2D eigenvalue weighted by Crippen LogP contribution is 2.22. The second kappa shape index (κ2) is 9.09. The summed E-state index contributed by atoms with van der Waals surface area (Å²) in [5.74, 6) is -3.28. The molecule has 0 aliphatic heterocycles. The number of hydrogen-bond acceptors (Lipinski definition) is 5. The van der Waals surface area contributed by atoms with Crippen molar-refractivity contribution in [3.8, 4) is 0 Å². The van der Waals surface area contributed by atoms with E-state index in [1.807, 2.05) is 0 Å². The summed E-state index contributed by atoms with van der Waals surface area (Å²) in [4.78, 5) is 47.0. The molecular weight excluding hydrogens is 391 g/mol. The summed E-state index contributed by atoms with van der Waals surface area (Å²) in [7, 11) is 0. The number of esters is 1. The molecule has 2 rings (SSSR count). The first-order valence-corrected chi connectivity index (χ1v) is 8.39. The Morgan fingerprint density at radius 2 is 1.64 bits per heavy atom. The van der Waals surface area contributed by atoms with Gasteiger partial charge in [0.25, 0.3) is 0 Å². The molecule has 9 heteroatoms. The standard InChI is InChI=1S/C19H16ClFN2O5/c1-10(24)22-13-4-5-14(17(8-13)23-11(2)25)18(26)9-28-19(27)15-7-12(20)3-6-16(15)21/h3-8H,9H2,1-2H3,(H,22,24)(H,23,25). The molecule has 146 valence electrons. The van der Waals surface area contributed by atoms with Crippen molar-refractivity contribution in [2.75, 3.05) is 17.2 Å². The van der Waals surface area contributed by atoms with Crippen LogP contribution in [-0.4, -0.2) is 30.2 Å². The maximum absolute atomic E-state index is 13.7. The predicted molar refractivity (Wildman–Crippen MR) is 101 cm³/mol. The highest BCUT2D eigenvalue weighted by Gasteiger charge is 2.18. The monoisotopic (exact) mass is 406 g/mol. The van der Waals surface area contributed by atoms with Gasteiger partial charge in [-0.3, -0.25) is 14.4 Å². The molecule has 0 atom stereocenters. The Balaban J connectivity index is 2.18. The third-order valence-electron chi connectivity index (χ3n) is 3.43. The number of carbonyl (C=O) groups is 4. The van der Waals surface area contributed by atoms with Crippen molar-refractivity contribution in [2.24, 2.45) is 0 Å². The lowest BCUT2D eigenvalue weighted by Crippen LogP contribution is -2.18. The molecule has 0 aliphatic rings. The molecule has 0 fully saturated rings. The number of ketones is 1.